The van der Waals surface area contributed by atoms with Gasteiger partial charge in [0, 0.05) is 12.3 Å². The van der Waals surface area contributed by atoms with E-state index in [9.17, 15) is 9.90 Å². The predicted octanol–water partition coefficient (Wildman–Crippen LogP) is 2.81. The van der Waals surface area contributed by atoms with Crippen molar-refractivity contribution in [3.8, 4) is 0 Å². The van der Waals surface area contributed by atoms with Crippen LogP contribution >= 0.6 is 0 Å². The number of allylic oxidation sites excluding steroid dienone is 1. The van der Waals surface area contributed by atoms with Gasteiger partial charge in [0.2, 0.25) is 0 Å². The third-order valence-corrected chi connectivity index (χ3v) is 5.09. The van der Waals surface area contributed by atoms with Gasteiger partial charge < -0.3 is 5.11 Å². The summed E-state index contributed by atoms with van der Waals surface area (Å²) in [5, 5.41) is 10.4. The van der Waals surface area contributed by atoms with Crippen LogP contribution in [-0.2, 0) is 4.79 Å². The molecule has 0 radical (unpaired) electrons. The molecule has 2 saturated carbocycles. The molecule has 0 unspecified atom stereocenters. The number of fused-ring (bicyclic) bond motifs is 1. The number of carbonyl (C=O) groups is 1. The maximum Gasteiger partial charge on any atom is 0.138 e. The topological polar surface area (TPSA) is 37.3 Å². The highest BCUT2D eigenvalue weighted by Gasteiger charge is 2.65. The van der Waals surface area contributed by atoms with Crippen LogP contribution in [0.3, 0.4) is 0 Å². The van der Waals surface area contributed by atoms with Gasteiger partial charge >= 0.3 is 0 Å². The summed E-state index contributed by atoms with van der Waals surface area (Å²) in [6.45, 7) is 10.2. The highest BCUT2D eigenvalue weighted by atomic mass is 16.3. The number of Topliss-reactive ketones (excluding diaryl/α,β-unsaturated/α-hetero) is 1. The predicted molar refractivity (Wildman–Crippen MR) is 68.5 cm³/mol. The van der Waals surface area contributed by atoms with Crippen LogP contribution < -0.4 is 0 Å². The van der Waals surface area contributed by atoms with Crippen molar-refractivity contribution in [3.63, 3.8) is 0 Å². The van der Waals surface area contributed by atoms with E-state index in [0.29, 0.717) is 18.3 Å². The summed E-state index contributed by atoms with van der Waals surface area (Å²) in [6, 6.07) is 0. The number of hydrogen-bond donors (Lipinski definition) is 1. The van der Waals surface area contributed by atoms with Crippen molar-refractivity contribution in [2.75, 3.05) is 0 Å². The van der Waals surface area contributed by atoms with Gasteiger partial charge in [-0.25, -0.2) is 0 Å². The van der Waals surface area contributed by atoms with Crippen molar-refractivity contribution in [2.24, 2.45) is 29.1 Å². The van der Waals surface area contributed by atoms with E-state index >= 15 is 0 Å². The second-order valence-corrected chi connectivity index (χ2v) is 6.48. The van der Waals surface area contributed by atoms with Gasteiger partial charge in [0.05, 0.1) is 6.10 Å². The second-order valence-electron chi connectivity index (χ2n) is 6.48. The lowest BCUT2D eigenvalue weighted by molar-refractivity contribution is -0.130. The van der Waals surface area contributed by atoms with Crippen molar-refractivity contribution in [2.45, 2.75) is 46.1 Å². The van der Waals surface area contributed by atoms with Gasteiger partial charge in [-0.05, 0) is 36.0 Å². The highest BCUT2D eigenvalue weighted by molar-refractivity contribution is 5.83. The molecule has 0 amide bonds. The lowest BCUT2D eigenvalue weighted by Crippen LogP contribution is -2.37. The molecule has 1 N–H and O–H groups in total. The first-order valence-corrected chi connectivity index (χ1v) is 6.73. The van der Waals surface area contributed by atoms with E-state index in [-0.39, 0.29) is 23.0 Å². The zero-order valence-electron chi connectivity index (χ0n) is 11.1. The molecule has 0 aromatic heterocycles. The zero-order chi connectivity index (χ0) is 12.8. The van der Waals surface area contributed by atoms with Crippen LogP contribution in [0.25, 0.3) is 0 Å². The molecule has 2 fully saturated rings. The van der Waals surface area contributed by atoms with Crippen molar-refractivity contribution >= 4 is 5.78 Å². The fourth-order valence-corrected chi connectivity index (χ4v) is 3.87. The van der Waals surface area contributed by atoms with E-state index in [0.717, 1.165) is 12.8 Å². The number of rotatable bonds is 4. The van der Waals surface area contributed by atoms with Crippen molar-refractivity contribution in [1.82, 2.24) is 0 Å². The Morgan fingerprint density at radius 3 is 2.82 bits per heavy atom. The van der Waals surface area contributed by atoms with Gasteiger partial charge in [0.1, 0.15) is 5.78 Å². The van der Waals surface area contributed by atoms with E-state index in [4.69, 9.17) is 0 Å². The Hall–Kier alpha value is -0.630. The van der Waals surface area contributed by atoms with E-state index in [1.54, 1.807) is 0 Å². The van der Waals surface area contributed by atoms with Gasteiger partial charge in [-0.15, -0.1) is 6.58 Å². The van der Waals surface area contributed by atoms with Gasteiger partial charge in [-0.3, -0.25) is 4.79 Å². The summed E-state index contributed by atoms with van der Waals surface area (Å²) >= 11 is 0. The van der Waals surface area contributed by atoms with Crippen molar-refractivity contribution in [1.29, 1.82) is 0 Å². The Balaban J connectivity index is 2.13. The first-order chi connectivity index (χ1) is 7.91. The summed E-state index contributed by atoms with van der Waals surface area (Å²) in [7, 11) is 0. The molecule has 17 heavy (non-hydrogen) atoms. The van der Waals surface area contributed by atoms with Crippen LogP contribution in [0.15, 0.2) is 12.7 Å². The molecule has 2 heteroatoms. The first kappa shape index (κ1) is 12.8. The highest BCUT2D eigenvalue weighted by Crippen LogP contribution is 2.67. The van der Waals surface area contributed by atoms with Crippen molar-refractivity contribution < 1.29 is 9.90 Å². The summed E-state index contributed by atoms with van der Waals surface area (Å²) in [5.41, 5.74) is 0.256. The molecule has 0 aromatic rings. The smallest absolute Gasteiger partial charge is 0.138 e. The maximum atomic E-state index is 12.1. The third-order valence-electron chi connectivity index (χ3n) is 5.09. The summed E-state index contributed by atoms with van der Waals surface area (Å²) in [6.07, 6.45) is 3.80. The minimum atomic E-state index is -0.491. The molecule has 96 valence electrons. The lowest BCUT2D eigenvalue weighted by atomic mass is 9.78. The van der Waals surface area contributed by atoms with Crippen LogP contribution in [0.4, 0.5) is 0 Å². The summed E-state index contributed by atoms with van der Waals surface area (Å²) in [4.78, 5) is 12.1. The summed E-state index contributed by atoms with van der Waals surface area (Å²) < 4.78 is 0. The monoisotopic (exact) mass is 236 g/mol. The molecule has 0 saturated heterocycles. The van der Waals surface area contributed by atoms with Crippen LogP contribution in [-0.4, -0.2) is 17.0 Å². The van der Waals surface area contributed by atoms with Crippen LogP contribution in [0, 0.1) is 29.1 Å². The minimum absolute atomic E-state index is 0.126. The molecular weight excluding hydrogens is 212 g/mol. The first-order valence-electron chi connectivity index (χ1n) is 6.73. The number of aliphatic hydroxyl groups excluding tert-OH is 1. The normalized spacial score (nSPS) is 38.1. The summed E-state index contributed by atoms with van der Waals surface area (Å²) in [5.74, 6) is 1.34. The Bertz CT molecular complexity index is 332. The molecule has 0 heterocycles. The lowest BCUT2D eigenvalue weighted by Gasteiger charge is -2.29. The largest absolute Gasteiger partial charge is 0.392 e. The van der Waals surface area contributed by atoms with Gasteiger partial charge in [0.25, 0.3) is 0 Å². The molecule has 2 nitrogen and oxygen atoms in total. The molecule has 0 aliphatic heterocycles. The maximum absolute atomic E-state index is 12.1. The second kappa shape index (κ2) is 4.24. The van der Waals surface area contributed by atoms with E-state index in [1.807, 2.05) is 13.0 Å². The average molecular weight is 236 g/mol. The zero-order valence-corrected chi connectivity index (χ0v) is 11.1. The van der Waals surface area contributed by atoms with E-state index < -0.39 is 6.10 Å². The molecule has 0 spiro atoms. The standard InChI is InChI=1S/C15H24O2/c1-5-6-9(2)14(17)12-11(16)8-7-10-13(12)15(10,3)4/h5,9-10,12-14,17H,1,6-8H2,2-4H3/t9-,10-,12-,13+,14-/m1/s1. The molecule has 0 aromatic carbocycles. The number of aliphatic hydroxyl groups is 1. The minimum Gasteiger partial charge on any atom is -0.392 e. The van der Waals surface area contributed by atoms with E-state index in [1.165, 1.54) is 0 Å². The Labute approximate surface area is 104 Å². The number of ketones is 1. The third kappa shape index (κ3) is 1.97. The fourth-order valence-electron chi connectivity index (χ4n) is 3.87. The fraction of sp³-hybridized carbons (Fsp3) is 0.800. The van der Waals surface area contributed by atoms with Crippen LogP contribution in [0.1, 0.15) is 40.0 Å². The molecule has 2 aliphatic carbocycles. The molecule has 2 rings (SSSR count). The molecule has 2 aliphatic rings. The van der Waals surface area contributed by atoms with Crippen molar-refractivity contribution in [3.05, 3.63) is 12.7 Å². The Morgan fingerprint density at radius 1 is 1.59 bits per heavy atom. The van der Waals surface area contributed by atoms with E-state index in [2.05, 4.69) is 20.4 Å². The molecule has 0 bridgehead atoms. The van der Waals surface area contributed by atoms with Gasteiger partial charge in [-0.2, -0.15) is 0 Å². The average Bonchev–Trinajstić information content (AvgIpc) is 2.81. The number of carbonyl (C=O) groups excluding carboxylic acids is 1. The molecule has 5 atom stereocenters. The quantitative estimate of drug-likeness (QED) is 0.762. The Kier molecular flexibility index (Phi) is 3.19. The van der Waals surface area contributed by atoms with Gasteiger partial charge in [-0.1, -0.05) is 26.8 Å². The Morgan fingerprint density at radius 2 is 2.24 bits per heavy atom. The SMILES string of the molecule is C=CC[C@@H](C)[C@@H](O)[C@@H]1C(=O)CC[C@@H]2[C@@H]1C2(C)C. The van der Waals surface area contributed by atoms with Crippen LogP contribution in [0.5, 0.6) is 0 Å². The molecular formula is C15H24O2. The van der Waals surface area contributed by atoms with Gasteiger partial charge in [0.15, 0.2) is 0 Å². The van der Waals surface area contributed by atoms with Crippen LogP contribution in [0.2, 0.25) is 0 Å². The number of hydrogen-bond acceptors (Lipinski definition) is 2.